The van der Waals surface area contributed by atoms with Gasteiger partial charge in [-0.3, -0.25) is 0 Å². The van der Waals surface area contributed by atoms with Gasteiger partial charge in [-0.25, -0.2) is 22.3 Å². The first-order valence-electron chi connectivity index (χ1n) is 4.52. The number of rotatable bonds is 5. The van der Waals surface area contributed by atoms with Crippen LogP contribution in [0, 0.1) is 5.82 Å². The highest BCUT2D eigenvalue weighted by Gasteiger charge is 2.18. The van der Waals surface area contributed by atoms with Crippen molar-refractivity contribution in [3.8, 4) is 0 Å². The van der Waals surface area contributed by atoms with Crippen LogP contribution >= 0.6 is 0 Å². The van der Waals surface area contributed by atoms with Crippen molar-refractivity contribution >= 4 is 16.0 Å². The molecule has 17 heavy (non-hydrogen) atoms. The van der Waals surface area contributed by atoms with Crippen molar-refractivity contribution in [3.63, 3.8) is 0 Å². The Bertz CT molecular complexity index is 528. The molecule has 1 rings (SSSR count). The van der Waals surface area contributed by atoms with E-state index >= 15 is 0 Å². The van der Waals surface area contributed by atoms with Gasteiger partial charge in [-0.15, -0.1) is 0 Å². The van der Waals surface area contributed by atoms with Gasteiger partial charge in [-0.05, 0) is 18.2 Å². The van der Waals surface area contributed by atoms with Crippen LogP contribution in [0.25, 0.3) is 0 Å². The normalized spacial score (nSPS) is 11.4. The summed E-state index contributed by atoms with van der Waals surface area (Å²) >= 11 is 0. The second-order valence-corrected chi connectivity index (χ2v) is 4.84. The lowest BCUT2D eigenvalue weighted by molar-refractivity contribution is 0.0691. The van der Waals surface area contributed by atoms with Gasteiger partial charge in [0.15, 0.2) is 0 Å². The smallest absolute Gasteiger partial charge is 0.338 e. The highest BCUT2D eigenvalue weighted by atomic mass is 32.2. The Morgan fingerprint density at radius 3 is 2.59 bits per heavy atom. The molecule has 0 aliphatic heterocycles. The van der Waals surface area contributed by atoms with Crippen molar-refractivity contribution in [2.45, 2.75) is 4.90 Å². The average Bonchev–Trinajstić information content (AvgIpc) is 2.26. The summed E-state index contributed by atoms with van der Waals surface area (Å²) in [5.74, 6) is -2.57. The fourth-order valence-electron chi connectivity index (χ4n) is 1.10. The van der Waals surface area contributed by atoms with E-state index in [1.54, 1.807) is 0 Å². The lowest BCUT2D eigenvalue weighted by Gasteiger charge is -2.06. The van der Waals surface area contributed by atoms with E-state index in [0.29, 0.717) is 0 Å². The summed E-state index contributed by atoms with van der Waals surface area (Å²) in [4.78, 5) is 10.2. The number of hydrogen-bond acceptors (Lipinski definition) is 4. The number of carbonyl (C=O) groups is 1. The Morgan fingerprint density at radius 1 is 1.41 bits per heavy atom. The average molecular weight is 263 g/mol. The minimum atomic E-state index is -3.94. The lowest BCUT2D eigenvalue weighted by atomic mass is 10.2. The number of benzene rings is 1. The van der Waals surface area contributed by atoms with Crippen molar-refractivity contribution in [2.75, 3.05) is 13.2 Å². The third-order valence-corrected chi connectivity index (χ3v) is 3.34. The highest BCUT2D eigenvalue weighted by molar-refractivity contribution is 7.89. The topological polar surface area (TPSA) is 104 Å². The molecule has 0 heterocycles. The molecule has 1 aromatic rings. The van der Waals surface area contributed by atoms with Crippen molar-refractivity contribution in [2.24, 2.45) is 0 Å². The number of carboxylic acid groups (broad SMARTS) is 1. The maximum Gasteiger partial charge on any atom is 0.338 e. The van der Waals surface area contributed by atoms with Gasteiger partial charge < -0.3 is 10.2 Å². The molecule has 94 valence electrons. The zero-order chi connectivity index (χ0) is 13.1. The maximum atomic E-state index is 13.0. The maximum absolute atomic E-state index is 13.0. The number of sulfonamides is 1. The Hall–Kier alpha value is -1.51. The number of nitrogens with one attached hydrogen (secondary N) is 1. The van der Waals surface area contributed by atoms with Crippen LogP contribution < -0.4 is 4.72 Å². The van der Waals surface area contributed by atoms with E-state index in [1.165, 1.54) is 0 Å². The number of aliphatic hydroxyl groups excluding tert-OH is 1. The zero-order valence-corrected chi connectivity index (χ0v) is 9.37. The van der Waals surface area contributed by atoms with E-state index in [2.05, 4.69) is 0 Å². The largest absolute Gasteiger partial charge is 0.478 e. The zero-order valence-electron chi connectivity index (χ0n) is 8.55. The van der Waals surface area contributed by atoms with Gasteiger partial charge in [0, 0.05) is 6.54 Å². The first-order chi connectivity index (χ1) is 7.88. The Morgan fingerprint density at radius 2 is 2.06 bits per heavy atom. The highest BCUT2D eigenvalue weighted by Crippen LogP contribution is 2.14. The van der Waals surface area contributed by atoms with Gasteiger partial charge in [0.2, 0.25) is 10.0 Å². The number of halogens is 1. The molecule has 0 unspecified atom stereocenters. The summed E-state index contributed by atoms with van der Waals surface area (Å²) < 4.78 is 38.1. The first kappa shape index (κ1) is 13.6. The minimum Gasteiger partial charge on any atom is -0.478 e. The standard InChI is InChI=1S/C9H10FNO5S/c10-8-2-1-6(5-7(8)9(13)14)17(15,16)11-3-4-12/h1-2,5,11-12H,3-4H2,(H,13,14). The van der Waals surface area contributed by atoms with Crippen LogP contribution in [0.3, 0.4) is 0 Å². The molecule has 0 aliphatic carbocycles. The van der Waals surface area contributed by atoms with E-state index in [1.807, 2.05) is 4.72 Å². The predicted octanol–water partition coefficient (Wildman–Crippen LogP) is -0.206. The molecule has 0 spiro atoms. The van der Waals surface area contributed by atoms with Crippen LogP contribution in [-0.2, 0) is 10.0 Å². The molecular formula is C9H10FNO5S. The number of carboxylic acids is 1. The summed E-state index contributed by atoms with van der Waals surface area (Å²) in [6, 6.07) is 2.43. The van der Waals surface area contributed by atoms with E-state index in [-0.39, 0.29) is 11.4 Å². The molecule has 6 nitrogen and oxygen atoms in total. The summed E-state index contributed by atoms with van der Waals surface area (Å²) in [7, 11) is -3.94. The monoisotopic (exact) mass is 263 g/mol. The molecule has 0 aromatic heterocycles. The predicted molar refractivity (Wildman–Crippen MR) is 55.6 cm³/mol. The van der Waals surface area contributed by atoms with Crippen LogP contribution in [0.15, 0.2) is 23.1 Å². The lowest BCUT2D eigenvalue weighted by Crippen LogP contribution is -2.26. The molecule has 0 radical (unpaired) electrons. The van der Waals surface area contributed by atoms with E-state index < -0.39 is 34.0 Å². The minimum absolute atomic E-state index is 0.206. The van der Waals surface area contributed by atoms with Crippen molar-refractivity contribution < 1.29 is 27.8 Å². The summed E-state index contributed by atoms with van der Waals surface area (Å²) in [5, 5.41) is 17.1. The van der Waals surface area contributed by atoms with E-state index in [4.69, 9.17) is 10.2 Å². The molecule has 0 saturated heterocycles. The molecule has 0 bridgehead atoms. The number of aromatic carboxylic acids is 1. The van der Waals surface area contributed by atoms with Gasteiger partial charge in [-0.2, -0.15) is 0 Å². The molecular weight excluding hydrogens is 253 g/mol. The van der Waals surface area contributed by atoms with Crippen molar-refractivity contribution in [1.82, 2.24) is 4.72 Å². The molecule has 0 atom stereocenters. The van der Waals surface area contributed by atoms with Gasteiger partial charge >= 0.3 is 5.97 Å². The third-order valence-electron chi connectivity index (χ3n) is 1.88. The van der Waals surface area contributed by atoms with E-state index in [9.17, 15) is 17.6 Å². The molecule has 0 saturated carbocycles. The van der Waals surface area contributed by atoms with Crippen LogP contribution in [0.1, 0.15) is 10.4 Å². The number of aliphatic hydroxyl groups is 1. The third kappa shape index (κ3) is 3.22. The molecule has 3 N–H and O–H groups in total. The summed E-state index contributed by atoms with van der Waals surface area (Å²) in [6.07, 6.45) is 0. The van der Waals surface area contributed by atoms with Crippen LogP contribution in [-0.4, -0.2) is 37.8 Å². The van der Waals surface area contributed by atoms with E-state index in [0.717, 1.165) is 18.2 Å². The molecule has 0 fully saturated rings. The molecule has 0 amide bonds. The van der Waals surface area contributed by atoms with Gasteiger partial charge in [-0.1, -0.05) is 0 Å². The van der Waals surface area contributed by atoms with Gasteiger partial charge in [0.05, 0.1) is 17.1 Å². The second-order valence-electron chi connectivity index (χ2n) is 3.07. The summed E-state index contributed by atoms with van der Waals surface area (Å²) in [5.41, 5.74) is -0.725. The Kier molecular flexibility index (Phi) is 4.16. The molecule has 8 heteroatoms. The summed E-state index contributed by atoms with van der Waals surface area (Å²) in [6.45, 7) is -0.603. The van der Waals surface area contributed by atoms with Crippen LogP contribution in [0.2, 0.25) is 0 Å². The molecule has 1 aromatic carbocycles. The Labute approximate surface area is 96.8 Å². The van der Waals surface area contributed by atoms with Crippen molar-refractivity contribution in [3.05, 3.63) is 29.6 Å². The van der Waals surface area contributed by atoms with Gasteiger partial charge in [0.25, 0.3) is 0 Å². The van der Waals surface area contributed by atoms with Crippen LogP contribution in [0.5, 0.6) is 0 Å². The molecule has 0 aliphatic rings. The first-order valence-corrected chi connectivity index (χ1v) is 6.00. The quantitative estimate of drug-likeness (QED) is 0.682. The fraction of sp³-hybridized carbons (Fsp3) is 0.222. The van der Waals surface area contributed by atoms with Gasteiger partial charge in [0.1, 0.15) is 5.82 Å². The second kappa shape index (κ2) is 5.21. The van der Waals surface area contributed by atoms with Crippen molar-refractivity contribution in [1.29, 1.82) is 0 Å². The SMILES string of the molecule is O=C(O)c1cc(S(=O)(=O)NCCO)ccc1F. The van der Waals surface area contributed by atoms with Crippen LogP contribution in [0.4, 0.5) is 4.39 Å². The Balaban J connectivity index is 3.16. The number of hydrogen-bond donors (Lipinski definition) is 3. The fourth-order valence-corrected chi connectivity index (χ4v) is 2.15.